The molecular formula is C26H27N3O2. The molecular weight excluding hydrogens is 386 g/mol. The summed E-state index contributed by atoms with van der Waals surface area (Å²) in [5.74, 6) is 0.559. The SMILES string of the molecule is N#C/C(=C/c1cn(CCOc2ccccc2)c2ccccc12)C(=O)NC1CCCCC1. The molecule has 0 spiro atoms. The van der Waals surface area contributed by atoms with Crippen LogP contribution >= 0.6 is 0 Å². The first-order valence-electron chi connectivity index (χ1n) is 10.9. The van der Waals surface area contributed by atoms with E-state index in [-0.39, 0.29) is 17.5 Å². The third-order valence-corrected chi connectivity index (χ3v) is 5.77. The first kappa shape index (κ1) is 20.7. The molecule has 4 rings (SSSR count). The van der Waals surface area contributed by atoms with Crippen molar-refractivity contribution in [2.75, 3.05) is 6.61 Å². The van der Waals surface area contributed by atoms with Gasteiger partial charge in [0.05, 0.1) is 6.54 Å². The number of rotatable bonds is 7. The van der Waals surface area contributed by atoms with Crippen LogP contribution in [-0.2, 0) is 11.3 Å². The Morgan fingerprint density at radius 2 is 1.84 bits per heavy atom. The Kier molecular flexibility index (Phi) is 6.68. The molecule has 0 saturated heterocycles. The Bertz CT molecular complexity index is 1100. The number of nitriles is 1. The molecule has 158 valence electrons. The monoisotopic (exact) mass is 413 g/mol. The Morgan fingerprint density at radius 3 is 2.61 bits per heavy atom. The van der Waals surface area contributed by atoms with Gasteiger partial charge >= 0.3 is 0 Å². The van der Waals surface area contributed by atoms with Gasteiger partial charge in [-0.2, -0.15) is 5.26 Å². The van der Waals surface area contributed by atoms with Crippen LogP contribution in [0.3, 0.4) is 0 Å². The molecule has 0 unspecified atom stereocenters. The predicted octanol–water partition coefficient (Wildman–Crippen LogP) is 5.08. The van der Waals surface area contributed by atoms with Crippen molar-refractivity contribution >= 4 is 22.9 Å². The molecule has 1 fully saturated rings. The molecule has 5 heteroatoms. The molecule has 1 amide bonds. The second-order valence-electron chi connectivity index (χ2n) is 7.93. The van der Waals surface area contributed by atoms with Gasteiger partial charge in [0.15, 0.2) is 0 Å². The van der Waals surface area contributed by atoms with Crippen molar-refractivity contribution in [2.24, 2.45) is 0 Å². The Hall–Kier alpha value is -3.52. The molecule has 31 heavy (non-hydrogen) atoms. The number of carbonyl (C=O) groups is 1. The summed E-state index contributed by atoms with van der Waals surface area (Å²) in [6, 6.07) is 20.0. The standard InChI is InChI=1S/C26H27N3O2/c27-18-20(26(30)28-22-9-3-1-4-10-22)17-21-19-29(25-14-8-7-13-24(21)25)15-16-31-23-11-5-2-6-12-23/h2,5-8,11-14,17,19,22H,1,3-4,9-10,15-16H2,(H,28,30)/b20-17-. The highest BCUT2D eigenvalue weighted by molar-refractivity contribution is 6.04. The van der Waals surface area contributed by atoms with E-state index in [1.54, 1.807) is 6.08 Å². The van der Waals surface area contributed by atoms with Crippen LogP contribution in [0.15, 0.2) is 66.4 Å². The summed E-state index contributed by atoms with van der Waals surface area (Å²) >= 11 is 0. The van der Waals surface area contributed by atoms with Gasteiger partial charge < -0.3 is 14.6 Å². The lowest BCUT2D eigenvalue weighted by molar-refractivity contribution is -0.117. The number of nitrogens with zero attached hydrogens (tertiary/aromatic N) is 2. The van der Waals surface area contributed by atoms with Crippen molar-refractivity contribution in [3.05, 3.63) is 71.9 Å². The number of aromatic nitrogens is 1. The first-order valence-corrected chi connectivity index (χ1v) is 10.9. The third-order valence-electron chi connectivity index (χ3n) is 5.77. The number of hydrogen-bond acceptors (Lipinski definition) is 3. The summed E-state index contributed by atoms with van der Waals surface area (Å²) in [6.45, 7) is 1.19. The summed E-state index contributed by atoms with van der Waals surface area (Å²) in [6.07, 6.45) is 9.17. The number of hydrogen-bond donors (Lipinski definition) is 1. The van der Waals surface area contributed by atoms with Crippen molar-refractivity contribution in [3.63, 3.8) is 0 Å². The molecule has 2 aromatic carbocycles. The van der Waals surface area contributed by atoms with E-state index in [0.29, 0.717) is 13.2 Å². The van der Waals surface area contributed by atoms with Crippen LogP contribution < -0.4 is 10.1 Å². The van der Waals surface area contributed by atoms with E-state index in [1.165, 1.54) is 6.42 Å². The molecule has 1 saturated carbocycles. The zero-order valence-corrected chi connectivity index (χ0v) is 17.6. The van der Waals surface area contributed by atoms with Gasteiger partial charge in [-0.05, 0) is 37.1 Å². The number of amides is 1. The van der Waals surface area contributed by atoms with Crippen LogP contribution in [0.5, 0.6) is 5.75 Å². The predicted molar refractivity (Wildman–Crippen MR) is 122 cm³/mol. The normalized spacial score (nSPS) is 14.9. The van der Waals surface area contributed by atoms with E-state index >= 15 is 0 Å². The molecule has 1 N–H and O–H groups in total. The fraction of sp³-hybridized carbons (Fsp3) is 0.308. The van der Waals surface area contributed by atoms with Crippen LogP contribution in [0.4, 0.5) is 0 Å². The lowest BCUT2D eigenvalue weighted by Gasteiger charge is -2.22. The van der Waals surface area contributed by atoms with Gasteiger partial charge in [0.1, 0.15) is 24.0 Å². The molecule has 0 radical (unpaired) electrons. The summed E-state index contributed by atoms with van der Waals surface area (Å²) in [7, 11) is 0. The highest BCUT2D eigenvalue weighted by atomic mass is 16.5. The molecule has 3 aromatic rings. The Labute approximate surface area is 182 Å². The molecule has 1 aromatic heterocycles. The average molecular weight is 414 g/mol. The van der Waals surface area contributed by atoms with Gasteiger partial charge in [-0.25, -0.2) is 0 Å². The first-order chi connectivity index (χ1) is 15.2. The molecule has 1 heterocycles. The quantitative estimate of drug-likeness (QED) is 0.434. The molecule has 0 aliphatic heterocycles. The minimum Gasteiger partial charge on any atom is -0.492 e. The highest BCUT2D eigenvalue weighted by Gasteiger charge is 2.18. The van der Waals surface area contributed by atoms with Gasteiger partial charge in [0, 0.05) is 28.7 Å². The van der Waals surface area contributed by atoms with E-state index in [4.69, 9.17) is 4.74 Å². The zero-order chi connectivity index (χ0) is 21.5. The molecule has 0 bridgehead atoms. The zero-order valence-electron chi connectivity index (χ0n) is 17.6. The number of carbonyl (C=O) groups excluding carboxylic acids is 1. The van der Waals surface area contributed by atoms with Crippen LogP contribution in [-0.4, -0.2) is 23.1 Å². The molecule has 0 atom stereocenters. The van der Waals surface area contributed by atoms with Crippen molar-refractivity contribution in [3.8, 4) is 11.8 Å². The van der Waals surface area contributed by atoms with Gasteiger partial charge in [-0.15, -0.1) is 0 Å². The summed E-state index contributed by atoms with van der Waals surface area (Å²) in [4.78, 5) is 12.7. The summed E-state index contributed by atoms with van der Waals surface area (Å²) in [5, 5.41) is 13.7. The minimum absolute atomic E-state index is 0.147. The van der Waals surface area contributed by atoms with E-state index in [2.05, 4.69) is 16.0 Å². The number of para-hydroxylation sites is 2. The smallest absolute Gasteiger partial charge is 0.262 e. The van der Waals surface area contributed by atoms with Crippen molar-refractivity contribution in [1.29, 1.82) is 5.26 Å². The number of benzene rings is 2. The van der Waals surface area contributed by atoms with Gasteiger partial charge in [0.2, 0.25) is 0 Å². The number of nitrogens with one attached hydrogen (secondary N) is 1. The summed E-state index contributed by atoms with van der Waals surface area (Å²) in [5.41, 5.74) is 2.06. The van der Waals surface area contributed by atoms with Crippen LogP contribution in [0, 0.1) is 11.3 Å². The number of fused-ring (bicyclic) bond motifs is 1. The van der Waals surface area contributed by atoms with E-state index < -0.39 is 0 Å². The summed E-state index contributed by atoms with van der Waals surface area (Å²) < 4.78 is 7.95. The van der Waals surface area contributed by atoms with Crippen LogP contribution in [0.2, 0.25) is 0 Å². The lowest BCUT2D eigenvalue weighted by atomic mass is 9.95. The maximum atomic E-state index is 12.7. The van der Waals surface area contributed by atoms with Crippen LogP contribution in [0.1, 0.15) is 37.7 Å². The van der Waals surface area contributed by atoms with Crippen molar-refractivity contribution in [1.82, 2.24) is 9.88 Å². The van der Waals surface area contributed by atoms with Crippen molar-refractivity contribution in [2.45, 2.75) is 44.7 Å². The topological polar surface area (TPSA) is 67.0 Å². The van der Waals surface area contributed by atoms with Crippen LogP contribution in [0.25, 0.3) is 17.0 Å². The van der Waals surface area contributed by atoms with Gasteiger partial charge in [-0.1, -0.05) is 55.7 Å². The van der Waals surface area contributed by atoms with E-state index in [1.807, 2.05) is 60.8 Å². The molecule has 1 aliphatic rings. The average Bonchev–Trinajstić information content (AvgIpc) is 3.16. The fourth-order valence-corrected chi connectivity index (χ4v) is 4.17. The lowest BCUT2D eigenvalue weighted by Crippen LogP contribution is -2.36. The third kappa shape index (κ3) is 5.16. The fourth-order valence-electron chi connectivity index (χ4n) is 4.17. The molecule has 1 aliphatic carbocycles. The maximum absolute atomic E-state index is 12.7. The van der Waals surface area contributed by atoms with Crippen molar-refractivity contribution < 1.29 is 9.53 Å². The highest BCUT2D eigenvalue weighted by Crippen LogP contribution is 2.24. The second-order valence-corrected chi connectivity index (χ2v) is 7.93. The second kappa shape index (κ2) is 9.99. The minimum atomic E-state index is -0.279. The van der Waals surface area contributed by atoms with Gasteiger partial charge in [-0.3, -0.25) is 4.79 Å². The van der Waals surface area contributed by atoms with E-state index in [0.717, 1.165) is 47.9 Å². The number of ether oxygens (including phenoxy) is 1. The largest absolute Gasteiger partial charge is 0.492 e. The Balaban J connectivity index is 1.52. The van der Waals surface area contributed by atoms with E-state index in [9.17, 15) is 10.1 Å². The maximum Gasteiger partial charge on any atom is 0.262 e. The Morgan fingerprint density at radius 1 is 1.10 bits per heavy atom. The van der Waals surface area contributed by atoms with Gasteiger partial charge in [0.25, 0.3) is 5.91 Å². The molecule has 5 nitrogen and oxygen atoms in total.